The Morgan fingerprint density at radius 3 is 2.62 bits per heavy atom. The molecule has 37 heavy (non-hydrogen) atoms. The third-order valence-electron chi connectivity index (χ3n) is 7.06. The van der Waals surface area contributed by atoms with Crippen LogP contribution in [0.1, 0.15) is 30.6 Å². The SMILES string of the molecule is COc1cccc(-c2ccc(/C=N/N3CC(=O)N(CCC4CCN(Cc5ccccc5)CC4)C3=O)o2)c1. The monoisotopic (exact) mass is 500 g/mol. The molecular formula is C29H32N4O4. The van der Waals surface area contributed by atoms with Crippen LogP contribution < -0.4 is 4.74 Å². The number of hydrazone groups is 1. The first-order chi connectivity index (χ1) is 18.1. The number of methoxy groups -OCH3 is 1. The normalized spacial score (nSPS) is 17.3. The first-order valence-corrected chi connectivity index (χ1v) is 12.8. The summed E-state index contributed by atoms with van der Waals surface area (Å²) in [6.07, 6.45) is 4.47. The van der Waals surface area contributed by atoms with Crippen molar-refractivity contribution in [1.29, 1.82) is 0 Å². The van der Waals surface area contributed by atoms with E-state index in [-0.39, 0.29) is 18.5 Å². The zero-order chi connectivity index (χ0) is 25.6. The number of hydrogen-bond donors (Lipinski definition) is 0. The molecule has 0 unspecified atom stereocenters. The predicted molar refractivity (Wildman–Crippen MR) is 141 cm³/mol. The Bertz CT molecular complexity index is 1250. The first kappa shape index (κ1) is 24.8. The van der Waals surface area contributed by atoms with Gasteiger partial charge < -0.3 is 9.15 Å². The number of benzene rings is 2. The van der Waals surface area contributed by atoms with Gasteiger partial charge in [-0.1, -0.05) is 42.5 Å². The molecular weight excluding hydrogens is 468 g/mol. The Hall–Kier alpha value is -3.91. The summed E-state index contributed by atoms with van der Waals surface area (Å²) >= 11 is 0. The Labute approximate surface area is 217 Å². The van der Waals surface area contributed by atoms with E-state index in [1.54, 1.807) is 13.2 Å². The van der Waals surface area contributed by atoms with E-state index in [4.69, 9.17) is 9.15 Å². The van der Waals surface area contributed by atoms with Gasteiger partial charge in [-0.15, -0.1) is 0 Å². The summed E-state index contributed by atoms with van der Waals surface area (Å²) in [6, 6.07) is 21.3. The number of ether oxygens (including phenoxy) is 1. The molecule has 0 bridgehead atoms. The fraction of sp³-hybridized carbons (Fsp3) is 0.345. The van der Waals surface area contributed by atoms with E-state index in [2.05, 4.69) is 34.3 Å². The van der Waals surface area contributed by atoms with E-state index < -0.39 is 0 Å². The first-order valence-electron chi connectivity index (χ1n) is 12.8. The van der Waals surface area contributed by atoms with E-state index in [1.807, 2.05) is 36.4 Å². The number of urea groups is 1. The van der Waals surface area contributed by atoms with Crippen molar-refractivity contribution in [1.82, 2.24) is 14.8 Å². The van der Waals surface area contributed by atoms with E-state index in [0.29, 0.717) is 24.0 Å². The molecule has 0 saturated carbocycles. The smallest absolute Gasteiger partial charge is 0.347 e. The lowest BCUT2D eigenvalue weighted by Gasteiger charge is -2.32. The predicted octanol–water partition coefficient (Wildman–Crippen LogP) is 4.86. The molecule has 2 aliphatic rings. The van der Waals surface area contributed by atoms with Gasteiger partial charge in [-0.2, -0.15) is 5.10 Å². The largest absolute Gasteiger partial charge is 0.497 e. The summed E-state index contributed by atoms with van der Waals surface area (Å²) < 4.78 is 11.1. The Morgan fingerprint density at radius 2 is 1.84 bits per heavy atom. The topological polar surface area (TPSA) is 78.6 Å². The van der Waals surface area contributed by atoms with Crippen molar-refractivity contribution in [2.75, 3.05) is 33.3 Å². The maximum Gasteiger partial charge on any atom is 0.347 e. The van der Waals surface area contributed by atoms with Crippen LogP contribution in [0, 0.1) is 5.92 Å². The molecule has 1 aromatic heterocycles. The van der Waals surface area contributed by atoms with Crippen molar-refractivity contribution in [3.63, 3.8) is 0 Å². The lowest BCUT2D eigenvalue weighted by molar-refractivity contribution is -0.125. The third kappa shape index (κ3) is 6.09. The van der Waals surface area contributed by atoms with Crippen LogP contribution in [0.2, 0.25) is 0 Å². The molecule has 0 N–H and O–H groups in total. The van der Waals surface area contributed by atoms with Crippen LogP contribution in [0.3, 0.4) is 0 Å². The highest BCUT2D eigenvalue weighted by molar-refractivity contribution is 6.02. The number of nitrogens with zero attached hydrogens (tertiary/aromatic N) is 4. The Balaban J connectivity index is 1.10. The number of rotatable bonds is 9. The van der Waals surface area contributed by atoms with Gasteiger partial charge in [0.25, 0.3) is 5.91 Å². The highest BCUT2D eigenvalue weighted by atomic mass is 16.5. The maximum atomic E-state index is 12.8. The number of imide groups is 1. The quantitative estimate of drug-likeness (QED) is 0.310. The molecule has 3 aromatic rings. The molecule has 8 heteroatoms. The van der Waals surface area contributed by atoms with Crippen LogP contribution in [0.4, 0.5) is 4.79 Å². The fourth-order valence-electron chi connectivity index (χ4n) is 4.90. The van der Waals surface area contributed by atoms with Gasteiger partial charge in [-0.05, 0) is 68.1 Å². The summed E-state index contributed by atoms with van der Waals surface area (Å²) in [7, 11) is 1.62. The average molecular weight is 501 g/mol. The molecule has 0 aliphatic carbocycles. The highest BCUT2D eigenvalue weighted by Gasteiger charge is 2.36. The summed E-state index contributed by atoms with van der Waals surface area (Å²) in [5, 5.41) is 5.44. The second-order valence-electron chi connectivity index (χ2n) is 9.56. The molecule has 2 aliphatic heterocycles. The summed E-state index contributed by atoms with van der Waals surface area (Å²) in [4.78, 5) is 29.2. The van der Waals surface area contributed by atoms with Crippen LogP contribution in [-0.4, -0.2) is 66.3 Å². The number of carbonyl (C=O) groups excluding carboxylic acids is 2. The van der Waals surface area contributed by atoms with Gasteiger partial charge >= 0.3 is 6.03 Å². The molecule has 5 rings (SSSR count). The van der Waals surface area contributed by atoms with Gasteiger partial charge in [-0.3, -0.25) is 14.6 Å². The zero-order valence-electron chi connectivity index (χ0n) is 21.1. The number of amides is 3. The molecule has 8 nitrogen and oxygen atoms in total. The second-order valence-corrected chi connectivity index (χ2v) is 9.56. The van der Waals surface area contributed by atoms with Gasteiger partial charge in [0.1, 0.15) is 23.8 Å². The fourth-order valence-corrected chi connectivity index (χ4v) is 4.90. The average Bonchev–Trinajstić information content (AvgIpc) is 3.51. The number of likely N-dealkylation sites (tertiary alicyclic amines) is 1. The molecule has 0 radical (unpaired) electrons. The second kappa shape index (κ2) is 11.4. The van der Waals surface area contributed by atoms with Crippen molar-refractivity contribution < 1.29 is 18.7 Å². The lowest BCUT2D eigenvalue weighted by atomic mass is 9.93. The molecule has 3 heterocycles. The highest BCUT2D eigenvalue weighted by Crippen LogP contribution is 2.26. The standard InChI is InChI=1S/C29H32N4O4/c1-36-25-9-5-8-24(18-25)27-11-10-26(37-27)19-30-33-21-28(34)32(29(33)35)17-14-22-12-15-31(16-13-22)20-23-6-3-2-4-7-23/h2-11,18-19,22H,12-17,20-21H2,1H3/b30-19+. The van der Waals surface area contributed by atoms with Crippen LogP contribution >= 0.6 is 0 Å². The minimum Gasteiger partial charge on any atom is -0.497 e. The molecule has 0 atom stereocenters. The van der Waals surface area contributed by atoms with Crippen molar-refractivity contribution in [2.24, 2.45) is 11.0 Å². The molecule has 3 amide bonds. The summed E-state index contributed by atoms with van der Waals surface area (Å²) in [6.45, 7) is 3.44. The van der Waals surface area contributed by atoms with Crippen LogP contribution in [0.15, 0.2) is 76.2 Å². The number of carbonyl (C=O) groups is 2. The number of furan rings is 1. The van der Waals surface area contributed by atoms with E-state index in [9.17, 15) is 9.59 Å². The molecule has 2 saturated heterocycles. The molecule has 0 spiro atoms. The van der Waals surface area contributed by atoms with Gasteiger partial charge in [0.15, 0.2) is 0 Å². The summed E-state index contributed by atoms with van der Waals surface area (Å²) in [5.74, 6) is 2.21. The molecule has 2 aromatic carbocycles. The van der Waals surface area contributed by atoms with Crippen molar-refractivity contribution in [3.8, 4) is 17.1 Å². The van der Waals surface area contributed by atoms with Crippen LogP contribution in [0.5, 0.6) is 5.75 Å². The van der Waals surface area contributed by atoms with Gasteiger partial charge in [0, 0.05) is 18.7 Å². The van der Waals surface area contributed by atoms with Crippen molar-refractivity contribution in [2.45, 2.75) is 25.8 Å². The molecule has 2 fully saturated rings. The zero-order valence-corrected chi connectivity index (χ0v) is 21.1. The van der Waals surface area contributed by atoms with Crippen LogP contribution in [-0.2, 0) is 11.3 Å². The minimum atomic E-state index is -0.373. The van der Waals surface area contributed by atoms with Gasteiger partial charge in [-0.25, -0.2) is 9.80 Å². The van der Waals surface area contributed by atoms with Crippen molar-refractivity contribution in [3.05, 3.63) is 78.1 Å². The number of piperidine rings is 1. The van der Waals surface area contributed by atoms with E-state index >= 15 is 0 Å². The number of hydrogen-bond acceptors (Lipinski definition) is 6. The third-order valence-corrected chi connectivity index (χ3v) is 7.06. The van der Waals surface area contributed by atoms with Crippen molar-refractivity contribution >= 4 is 18.2 Å². The van der Waals surface area contributed by atoms with E-state index in [0.717, 1.165) is 50.2 Å². The molecule has 192 valence electrons. The lowest BCUT2D eigenvalue weighted by Crippen LogP contribution is -2.36. The minimum absolute atomic E-state index is 0.0473. The Kier molecular flexibility index (Phi) is 7.65. The Morgan fingerprint density at radius 1 is 1.03 bits per heavy atom. The maximum absolute atomic E-state index is 12.8. The summed E-state index contributed by atoms with van der Waals surface area (Å²) in [5.41, 5.74) is 2.21. The van der Waals surface area contributed by atoms with E-state index in [1.165, 1.54) is 21.7 Å². The van der Waals surface area contributed by atoms with Gasteiger partial charge in [0.2, 0.25) is 0 Å². The van der Waals surface area contributed by atoms with Gasteiger partial charge in [0.05, 0.1) is 13.3 Å². The van der Waals surface area contributed by atoms with Crippen LogP contribution in [0.25, 0.3) is 11.3 Å².